The van der Waals surface area contributed by atoms with Crippen LogP contribution in [0.3, 0.4) is 0 Å². The maximum absolute atomic E-state index is 12.6. The van der Waals surface area contributed by atoms with E-state index >= 15 is 0 Å². The zero-order chi connectivity index (χ0) is 21.0. The van der Waals surface area contributed by atoms with Crippen molar-refractivity contribution in [2.45, 2.75) is 12.3 Å². The standard InChI is InChI=1S/C21H16F3NO4/c22-21(23,24)14-6-10-16(11-7-14)29-15-8-4-13(5-9-15)17-2-1-3-18(25-17)20(28)19(27)12-26/h1-11,19,26-27H,12H2. The number of carbonyl (C=O) groups excluding carboxylic acids is 1. The van der Waals surface area contributed by atoms with Crippen molar-refractivity contribution in [2.75, 3.05) is 6.61 Å². The molecule has 0 aliphatic heterocycles. The van der Waals surface area contributed by atoms with Gasteiger partial charge in [-0.1, -0.05) is 6.07 Å². The Kier molecular flexibility index (Phi) is 5.95. The molecule has 2 N–H and O–H groups in total. The van der Waals surface area contributed by atoms with Crippen LogP contribution >= 0.6 is 0 Å². The first kappa shape index (κ1) is 20.5. The molecule has 0 saturated carbocycles. The quantitative estimate of drug-likeness (QED) is 0.606. The smallest absolute Gasteiger partial charge is 0.416 e. The molecule has 0 aliphatic rings. The third kappa shape index (κ3) is 4.98. The molecule has 0 radical (unpaired) electrons. The van der Waals surface area contributed by atoms with Gasteiger partial charge in [-0.15, -0.1) is 0 Å². The van der Waals surface area contributed by atoms with Gasteiger partial charge in [0.15, 0.2) is 0 Å². The number of benzene rings is 2. The highest BCUT2D eigenvalue weighted by Crippen LogP contribution is 2.31. The average Bonchev–Trinajstić information content (AvgIpc) is 2.73. The Bertz CT molecular complexity index is 986. The van der Waals surface area contributed by atoms with Crippen molar-refractivity contribution in [3.63, 3.8) is 0 Å². The second kappa shape index (κ2) is 8.42. The molecule has 3 aromatic rings. The number of ketones is 1. The van der Waals surface area contributed by atoms with Gasteiger partial charge in [-0.25, -0.2) is 4.98 Å². The SMILES string of the molecule is O=C(c1cccc(-c2ccc(Oc3ccc(C(F)(F)F)cc3)cc2)n1)C(O)CO. The van der Waals surface area contributed by atoms with E-state index in [1.54, 1.807) is 36.4 Å². The van der Waals surface area contributed by atoms with E-state index in [2.05, 4.69) is 4.98 Å². The van der Waals surface area contributed by atoms with Gasteiger partial charge >= 0.3 is 6.18 Å². The molecule has 29 heavy (non-hydrogen) atoms. The second-order valence-corrected chi connectivity index (χ2v) is 6.12. The van der Waals surface area contributed by atoms with Crippen molar-refractivity contribution < 1.29 is 32.9 Å². The third-order valence-electron chi connectivity index (χ3n) is 4.04. The van der Waals surface area contributed by atoms with Crippen LogP contribution in [0.25, 0.3) is 11.3 Å². The van der Waals surface area contributed by atoms with Crippen LogP contribution in [0.5, 0.6) is 11.5 Å². The second-order valence-electron chi connectivity index (χ2n) is 6.12. The van der Waals surface area contributed by atoms with E-state index in [-0.39, 0.29) is 11.4 Å². The Hall–Kier alpha value is -3.23. The molecule has 0 amide bonds. The molecule has 0 saturated heterocycles. The number of aromatic nitrogens is 1. The molecule has 1 heterocycles. The summed E-state index contributed by atoms with van der Waals surface area (Å²) in [6.07, 6.45) is -5.94. The monoisotopic (exact) mass is 403 g/mol. The largest absolute Gasteiger partial charge is 0.457 e. The van der Waals surface area contributed by atoms with E-state index in [1.807, 2.05) is 0 Å². The van der Waals surface area contributed by atoms with E-state index in [0.717, 1.165) is 12.1 Å². The molecule has 1 unspecified atom stereocenters. The van der Waals surface area contributed by atoms with Crippen LogP contribution in [-0.4, -0.2) is 33.7 Å². The van der Waals surface area contributed by atoms with Crippen LogP contribution in [0.4, 0.5) is 13.2 Å². The van der Waals surface area contributed by atoms with Crippen molar-refractivity contribution in [3.8, 4) is 22.8 Å². The molecular weight excluding hydrogens is 387 g/mol. The summed E-state index contributed by atoms with van der Waals surface area (Å²) >= 11 is 0. The first-order valence-electron chi connectivity index (χ1n) is 8.53. The van der Waals surface area contributed by atoms with Gasteiger partial charge in [0.05, 0.1) is 17.9 Å². The Labute approximate surface area is 164 Å². The molecular formula is C21H16F3NO4. The van der Waals surface area contributed by atoms with Gasteiger partial charge in [-0.05, 0) is 60.7 Å². The summed E-state index contributed by atoms with van der Waals surface area (Å²) in [5.41, 5.74) is 0.404. The molecule has 1 aromatic heterocycles. The molecule has 0 spiro atoms. The number of nitrogens with zero attached hydrogens (tertiary/aromatic N) is 1. The fraction of sp³-hybridized carbons (Fsp3) is 0.143. The van der Waals surface area contributed by atoms with E-state index < -0.39 is 30.2 Å². The highest BCUT2D eigenvalue weighted by molar-refractivity contribution is 5.98. The van der Waals surface area contributed by atoms with Crippen molar-refractivity contribution in [1.82, 2.24) is 4.98 Å². The predicted octanol–water partition coefficient (Wildman–Crippen LogP) is 4.10. The highest BCUT2D eigenvalue weighted by atomic mass is 19.4. The fourth-order valence-electron chi connectivity index (χ4n) is 2.53. The summed E-state index contributed by atoms with van der Waals surface area (Å²) in [6.45, 7) is -0.694. The Morgan fingerprint density at radius 3 is 2.10 bits per heavy atom. The molecule has 5 nitrogen and oxygen atoms in total. The van der Waals surface area contributed by atoms with Gasteiger partial charge in [0.25, 0.3) is 0 Å². The van der Waals surface area contributed by atoms with E-state index in [0.29, 0.717) is 17.0 Å². The zero-order valence-electron chi connectivity index (χ0n) is 14.9. The van der Waals surface area contributed by atoms with E-state index in [9.17, 15) is 23.1 Å². The van der Waals surface area contributed by atoms with E-state index in [1.165, 1.54) is 18.2 Å². The minimum absolute atomic E-state index is 0.0223. The highest BCUT2D eigenvalue weighted by Gasteiger charge is 2.30. The molecule has 1 atom stereocenters. The molecule has 2 aromatic carbocycles. The summed E-state index contributed by atoms with van der Waals surface area (Å²) in [4.78, 5) is 16.1. The van der Waals surface area contributed by atoms with Crippen LogP contribution < -0.4 is 4.74 Å². The average molecular weight is 403 g/mol. The lowest BCUT2D eigenvalue weighted by molar-refractivity contribution is -0.137. The summed E-state index contributed by atoms with van der Waals surface area (Å²) in [5, 5.41) is 18.4. The van der Waals surface area contributed by atoms with Crippen LogP contribution in [0, 0.1) is 0 Å². The topological polar surface area (TPSA) is 79.7 Å². The van der Waals surface area contributed by atoms with Gasteiger partial charge in [-0.3, -0.25) is 4.79 Å². The van der Waals surface area contributed by atoms with Crippen LogP contribution in [0.15, 0.2) is 66.7 Å². The predicted molar refractivity (Wildman–Crippen MR) is 98.6 cm³/mol. The number of ether oxygens (including phenoxy) is 1. The van der Waals surface area contributed by atoms with Gasteiger partial charge < -0.3 is 14.9 Å². The lowest BCUT2D eigenvalue weighted by Gasteiger charge is -2.10. The maximum atomic E-state index is 12.6. The van der Waals surface area contributed by atoms with Gasteiger partial charge in [0.2, 0.25) is 5.78 Å². The number of hydrogen-bond acceptors (Lipinski definition) is 5. The lowest BCUT2D eigenvalue weighted by atomic mass is 10.1. The number of carbonyl (C=O) groups is 1. The normalized spacial score (nSPS) is 12.4. The molecule has 0 bridgehead atoms. The first-order valence-corrected chi connectivity index (χ1v) is 8.53. The minimum Gasteiger partial charge on any atom is -0.457 e. The maximum Gasteiger partial charge on any atom is 0.416 e. The number of rotatable bonds is 6. The Morgan fingerprint density at radius 2 is 1.55 bits per heavy atom. The number of aliphatic hydroxyl groups is 2. The van der Waals surface area contributed by atoms with Gasteiger partial charge in [0, 0.05) is 5.56 Å². The zero-order valence-corrected chi connectivity index (χ0v) is 14.9. The van der Waals surface area contributed by atoms with Crippen molar-refractivity contribution in [2.24, 2.45) is 0 Å². The van der Waals surface area contributed by atoms with Gasteiger partial charge in [-0.2, -0.15) is 13.2 Å². The number of hydrogen-bond donors (Lipinski definition) is 2. The molecule has 3 rings (SSSR count). The Morgan fingerprint density at radius 1 is 0.966 bits per heavy atom. The summed E-state index contributed by atoms with van der Waals surface area (Å²) in [6, 6.07) is 15.7. The molecule has 8 heteroatoms. The molecule has 150 valence electrons. The summed E-state index contributed by atoms with van der Waals surface area (Å²) in [7, 11) is 0. The first-order chi connectivity index (χ1) is 13.8. The number of pyridine rings is 1. The minimum atomic E-state index is -4.41. The lowest BCUT2D eigenvalue weighted by Crippen LogP contribution is -2.25. The number of Topliss-reactive ketones (excluding diaryl/α,β-unsaturated/α-hetero) is 1. The van der Waals surface area contributed by atoms with E-state index in [4.69, 9.17) is 9.84 Å². The summed E-state index contributed by atoms with van der Waals surface area (Å²) in [5.74, 6) is -0.0116. The van der Waals surface area contributed by atoms with Crippen LogP contribution in [0.2, 0.25) is 0 Å². The van der Waals surface area contributed by atoms with Crippen molar-refractivity contribution in [1.29, 1.82) is 0 Å². The number of aliphatic hydroxyl groups excluding tert-OH is 2. The van der Waals surface area contributed by atoms with Gasteiger partial charge in [0.1, 0.15) is 23.3 Å². The molecule has 0 aliphatic carbocycles. The van der Waals surface area contributed by atoms with Crippen LogP contribution in [-0.2, 0) is 6.18 Å². The summed E-state index contributed by atoms with van der Waals surface area (Å²) < 4.78 is 43.3. The van der Waals surface area contributed by atoms with Crippen molar-refractivity contribution >= 4 is 5.78 Å². The third-order valence-corrected chi connectivity index (χ3v) is 4.04. The van der Waals surface area contributed by atoms with Crippen molar-refractivity contribution in [3.05, 3.63) is 78.0 Å². The fourth-order valence-corrected chi connectivity index (χ4v) is 2.53. The van der Waals surface area contributed by atoms with Crippen LogP contribution in [0.1, 0.15) is 16.1 Å². The Balaban J connectivity index is 1.74. The molecule has 0 fully saturated rings. The number of halogens is 3. The number of alkyl halides is 3.